The molecule has 1 aliphatic rings. The second-order valence-corrected chi connectivity index (χ2v) is 20.1. The van der Waals surface area contributed by atoms with E-state index in [4.69, 9.17) is 0 Å². The zero-order chi connectivity index (χ0) is 44.2. The summed E-state index contributed by atoms with van der Waals surface area (Å²) in [6.07, 6.45) is 4.17. The van der Waals surface area contributed by atoms with Crippen molar-refractivity contribution in [2.24, 2.45) is 0 Å². The standard InChI is InChI=1S/C41H39F3N8O6S4/c1-51(2)20-18-27(25-59-28-9-4-3-5-10-28)46-32-15-14-29(22-36(32)61(55,56)41(42,43)44)62(57,58)50-39(54)33-12-7-13-37(47-33)52-21-17-26-8-6-11-30(31(26)24-52)38(53)49-40-48-34-23-45-19-16-35(34)60-40/h3-16,19,22-23,27,46H,17-18,20-21,24-25H2,1-2H3,(H,50,54)(H,48,49,53)/t27-/m1/s1. The van der Waals surface area contributed by atoms with E-state index in [1.807, 2.05) is 65.0 Å². The Morgan fingerprint density at radius 2 is 1.71 bits per heavy atom. The highest BCUT2D eigenvalue weighted by molar-refractivity contribution is 7.99. The lowest BCUT2D eigenvalue weighted by Gasteiger charge is -2.31. The molecule has 14 nitrogen and oxygen atoms in total. The molecule has 324 valence electrons. The topological polar surface area (TPSA) is 184 Å². The molecule has 0 saturated carbocycles. The second-order valence-electron chi connectivity index (χ2n) is 14.4. The number of halogens is 3. The van der Waals surface area contributed by atoms with Crippen molar-refractivity contribution < 1.29 is 39.6 Å². The van der Waals surface area contributed by atoms with Crippen LogP contribution in [0.3, 0.4) is 0 Å². The van der Waals surface area contributed by atoms with Crippen molar-refractivity contribution in [2.75, 3.05) is 48.5 Å². The van der Waals surface area contributed by atoms with Gasteiger partial charge in [-0.15, -0.1) is 11.8 Å². The number of rotatable bonds is 15. The molecular formula is C41H39F3N8O6S4. The molecule has 4 heterocycles. The molecule has 62 heavy (non-hydrogen) atoms. The predicted octanol–water partition coefficient (Wildman–Crippen LogP) is 6.84. The van der Waals surface area contributed by atoms with Crippen LogP contribution >= 0.6 is 23.1 Å². The quantitative estimate of drug-likeness (QED) is 0.0912. The van der Waals surface area contributed by atoms with Crippen LogP contribution in [-0.4, -0.2) is 93.0 Å². The highest BCUT2D eigenvalue weighted by atomic mass is 32.2. The zero-order valence-electron chi connectivity index (χ0n) is 33.1. The summed E-state index contributed by atoms with van der Waals surface area (Å²) < 4.78 is 98.1. The molecule has 0 saturated heterocycles. The van der Waals surface area contributed by atoms with E-state index in [2.05, 4.69) is 25.6 Å². The molecular weight excluding hydrogens is 886 g/mol. The van der Waals surface area contributed by atoms with E-state index in [0.717, 1.165) is 32.9 Å². The number of aromatic nitrogens is 3. The van der Waals surface area contributed by atoms with E-state index in [1.165, 1.54) is 35.2 Å². The van der Waals surface area contributed by atoms with Crippen LogP contribution in [0.1, 0.15) is 38.4 Å². The van der Waals surface area contributed by atoms with Crippen molar-refractivity contribution in [3.8, 4) is 0 Å². The number of anilines is 3. The lowest BCUT2D eigenvalue weighted by atomic mass is 9.94. The van der Waals surface area contributed by atoms with Crippen molar-refractivity contribution in [1.82, 2.24) is 24.6 Å². The highest BCUT2D eigenvalue weighted by Gasteiger charge is 2.48. The number of sulfonamides is 1. The molecule has 7 rings (SSSR count). The van der Waals surface area contributed by atoms with Gasteiger partial charge in [0.1, 0.15) is 21.9 Å². The monoisotopic (exact) mass is 924 g/mol. The van der Waals surface area contributed by atoms with Gasteiger partial charge >= 0.3 is 5.51 Å². The number of benzene rings is 3. The minimum absolute atomic E-state index is 0.219. The SMILES string of the molecule is CN(C)CC[C@H](CSc1ccccc1)Nc1ccc(S(=O)(=O)NC(=O)c2cccc(N3CCc4cccc(C(=O)Nc5nc6cnccc6s5)c4C3)n2)cc1S(=O)(=O)C(F)(F)F. The lowest BCUT2D eigenvalue weighted by Crippen LogP contribution is -2.34. The molecule has 3 aromatic carbocycles. The van der Waals surface area contributed by atoms with E-state index in [0.29, 0.717) is 54.0 Å². The van der Waals surface area contributed by atoms with Crippen LogP contribution in [0, 0.1) is 0 Å². The number of pyridine rings is 2. The Kier molecular flexibility index (Phi) is 13.2. The van der Waals surface area contributed by atoms with E-state index in [-0.39, 0.29) is 24.0 Å². The summed E-state index contributed by atoms with van der Waals surface area (Å²) in [5, 5.41) is 6.18. The van der Waals surface area contributed by atoms with Gasteiger partial charge in [0.25, 0.3) is 31.7 Å². The van der Waals surface area contributed by atoms with Gasteiger partial charge in [0, 0.05) is 41.5 Å². The van der Waals surface area contributed by atoms with E-state index in [1.54, 1.807) is 36.7 Å². The van der Waals surface area contributed by atoms with Gasteiger partial charge < -0.3 is 15.1 Å². The average Bonchev–Trinajstić information content (AvgIpc) is 3.66. The van der Waals surface area contributed by atoms with Crippen molar-refractivity contribution >= 4 is 81.6 Å². The number of nitrogens with one attached hydrogen (secondary N) is 3. The van der Waals surface area contributed by atoms with Crippen LogP contribution in [0.15, 0.2) is 118 Å². The number of thiazole rings is 1. The molecule has 6 aromatic rings. The smallest absolute Gasteiger partial charge is 0.380 e. The Hall–Kier alpha value is -5.61. The molecule has 0 fully saturated rings. The van der Waals surface area contributed by atoms with Crippen LogP contribution in [0.25, 0.3) is 10.2 Å². The molecule has 2 amide bonds. The number of alkyl halides is 3. The van der Waals surface area contributed by atoms with Crippen LogP contribution < -0.4 is 20.3 Å². The first-order valence-corrected chi connectivity index (χ1v) is 23.7. The van der Waals surface area contributed by atoms with Crippen LogP contribution in [-0.2, 0) is 32.8 Å². The van der Waals surface area contributed by atoms with Gasteiger partial charge in [-0.25, -0.2) is 31.5 Å². The molecule has 21 heteroatoms. The number of hydrogen-bond acceptors (Lipinski definition) is 14. The van der Waals surface area contributed by atoms with Crippen molar-refractivity contribution in [2.45, 2.75) is 45.6 Å². The minimum Gasteiger partial charge on any atom is -0.380 e. The minimum atomic E-state index is -6.09. The summed E-state index contributed by atoms with van der Waals surface area (Å²) in [6.45, 7) is 1.17. The number of carbonyl (C=O) groups is 2. The molecule has 0 unspecified atom stereocenters. The van der Waals surface area contributed by atoms with Gasteiger partial charge in [-0.3, -0.25) is 19.9 Å². The Morgan fingerprint density at radius 3 is 2.45 bits per heavy atom. The lowest BCUT2D eigenvalue weighted by molar-refractivity contribution is -0.0436. The fourth-order valence-electron chi connectivity index (χ4n) is 6.63. The fraction of sp³-hybridized carbons (Fsp3) is 0.244. The van der Waals surface area contributed by atoms with Crippen molar-refractivity contribution in [3.63, 3.8) is 0 Å². The largest absolute Gasteiger partial charge is 0.501 e. The first-order chi connectivity index (χ1) is 29.5. The number of sulfone groups is 1. The molecule has 3 N–H and O–H groups in total. The first kappa shape index (κ1) is 44.4. The van der Waals surface area contributed by atoms with E-state index >= 15 is 0 Å². The summed E-state index contributed by atoms with van der Waals surface area (Å²) in [7, 11) is -7.41. The molecule has 3 aromatic heterocycles. The van der Waals surface area contributed by atoms with Gasteiger partial charge in [-0.05, 0) is 99.2 Å². The molecule has 0 bridgehead atoms. The maximum atomic E-state index is 14.1. The molecule has 0 spiro atoms. The van der Waals surface area contributed by atoms with Gasteiger partial charge in [0.2, 0.25) is 0 Å². The molecule has 1 aliphatic heterocycles. The van der Waals surface area contributed by atoms with Gasteiger partial charge in [0.15, 0.2) is 5.13 Å². The number of thioether (sulfide) groups is 1. The third-order valence-electron chi connectivity index (χ3n) is 9.78. The highest BCUT2D eigenvalue weighted by Crippen LogP contribution is 2.37. The normalized spacial score (nSPS) is 13.7. The maximum absolute atomic E-state index is 14.1. The van der Waals surface area contributed by atoms with E-state index < -0.39 is 52.8 Å². The van der Waals surface area contributed by atoms with Gasteiger partial charge in [-0.1, -0.05) is 47.7 Å². The van der Waals surface area contributed by atoms with Crippen molar-refractivity contribution in [3.05, 3.63) is 126 Å². The van der Waals surface area contributed by atoms with Crippen molar-refractivity contribution in [1.29, 1.82) is 0 Å². The van der Waals surface area contributed by atoms with Crippen LogP contribution in [0.5, 0.6) is 0 Å². The Bertz CT molecular complexity index is 2810. The summed E-state index contributed by atoms with van der Waals surface area (Å²) in [6, 6.07) is 22.5. The average molecular weight is 925 g/mol. The zero-order valence-corrected chi connectivity index (χ0v) is 36.4. The molecule has 0 radical (unpaired) electrons. The van der Waals surface area contributed by atoms with E-state index in [9.17, 15) is 39.6 Å². The third-order valence-corrected chi connectivity index (χ3v) is 14.8. The van der Waals surface area contributed by atoms with Gasteiger partial charge in [0.05, 0.1) is 21.5 Å². The molecule has 1 atom stereocenters. The number of amides is 2. The Balaban J connectivity index is 1.10. The Labute approximate surface area is 364 Å². The van der Waals surface area contributed by atoms with Crippen LogP contribution in [0.4, 0.5) is 29.8 Å². The first-order valence-electron chi connectivity index (χ1n) is 18.9. The third kappa shape index (κ3) is 10.2. The van der Waals surface area contributed by atoms with Crippen LogP contribution in [0.2, 0.25) is 0 Å². The fourth-order valence-corrected chi connectivity index (χ4v) is 10.5. The number of nitrogens with zero attached hydrogens (tertiary/aromatic N) is 5. The number of hydrogen-bond donors (Lipinski definition) is 3. The summed E-state index contributed by atoms with van der Waals surface area (Å²) in [4.78, 5) is 42.2. The van der Waals surface area contributed by atoms with Gasteiger partial charge in [-0.2, -0.15) is 13.2 Å². The summed E-state index contributed by atoms with van der Waals surface area (Å²) in [5.74, 6) is -0.949. The number of fused-ring (bicyclic) bond motifs is 2. The number of carbonyl (C=O) groups excluding carboxylic acids is 2. The summed E-state index contributed by atoms with van der Waals surface area (Å²) >= 11 is 2.72. The maximum Gasteiger partial charge on any atom is 0.501 e. The second kappa shape index (κ2) is 18.4. The summed E-state index contributed by atoms with van der Waals surface area (Å²) in [5.41, 5.74) is -3.84. The predicted molar refractivity (Wildman–Crippen MR) is 233 cm³/mol. The Morgan fingerprint density at radius 1 is 0.935 bits per heavy atom. The molecule has 0 aliphatic carbocycles.